The first-order valence-corrected chi connectivity index (χ1v) is 3.47. The van der Waals surface area contributed by atoms with Gasteiger partial charge in [0.2, 0.25) is 0 Å². The van der Waals surface area contributed by atoms with Crippen molar-refractivity contribution >= 4 is 0 Å². The van der Waals surface area contributed by atoms with E-state index in [1.165, 1.54) is 0 Å². The summed E-state index contributed by atoms with van der Waals surface area (Å²) < 4.78 is 22.6. The van der Waals surface area contributed by atoms with Crippen molar-refractivity contribution in [2.75, 3.05) is 6.61 Å². The second-order valence-electron chi connectivity index (χ2n) is 2.80. The minimum absolute atomic E-state index is 0.111. The standard InChI is InChI=1S/C6H9FO4/c7-3-2-1-10-6(11-2)5(9)4(3)8/h2-6,8-9H,1H2/t2-,3-,4+,5-,6-/m1/s1. The summed E-state index contributed by atoms with van der Waals surface area (Å²) in [5.74, 6) is 0. The zero-order valence-corrected chi connectivity index (χ0v) is 5.68. The van der Waals surface area contributed by atoms with Crippen molar-refractivity contribution in [3.05, 3.63) is 0 Å². The molecule has 5 heteroatoms. The van der Waals surface area contributed by atoms with Crippen LogP contribution in [0.3, 0.4) is 0 Å². The van der Waals surface area contributed by atoms with Gasteiger partial charge in [-0.1, -0.05) is 0 Å². The van der Waals surface area contributed by atoms with Crippen LogP contribution in [-0.4, -0.2) is 47.6 Å². The molecule has 0 saturated carbocycles. The van der Waals surface area contributed by atoms with Crippen molar-refractivity contribution in [1.82, 2.24) is 0 Å². The summed E-state index contributed by atoms with van der Waals surface area (Å²) in [6, 6.07) is 0. The molecule has 0 radical (unpaired) electrons. The van der Waals surface area contributed by atoms with Crippen molar-refractivity contribution in [1.29, 1.82) is 0 Å². The SMILES string of the molecule is O[C@@H]1[C@@H](O)[C@@H]2OC[C@@H](O2)[C@H]1F. The lowest BCUT2D eigenvalue weighted by molar-refractivity contribution is -0.215. The highest BCUT2D eigenvalue weighted by Crippen LogP contribution is 2.29. The minimum atomic E-state index is -1.54. The summed E-state index contributed by atoms with van der Waals surface area (Å²) >= 11 is 0. The van der Waals surface area contributed by atoms with E-state index in [0.717, 1.165) is 0 Å². The van der Waals surface area contributed by atoms with Gasteiger partial charge in [0.15, 0.2) is 12.5 Å². The third kappa shape index (κ3) is 0.961. The third-order valence-electron chi connectivity index (χ3n) is 2.04. The first-order chi connectivity index (χ1) is 5.20. The Morgan fingerprint density at radius 2 is 2.00 bits per heavy atom. The van der Waals surface area contributed by atoms with E-state index in [0.29, 0.717) is 0 Å². The van der Waals surface area contributed by atoms with Crippen LogP contribution in [0.25, 0.3) is 0 Å². The van der Waals surface area contributed by atoms with Crippen molar-refractivity contribution in [2.45, 2.75) is 30.8 Å². The molecule has 2 N–H and O–H groups in total. The van der Waals surface area contributed by atoms with E-state index in [2.05, 4.69) is 0 Å². The molecule has 0 aromatic carbocycles. The molecule has 2 saturated heterocycles. The van der Waals surface area contributed by atoms with E-state index in [4.69, 9.17) is 19.7 Å². The average molecular weight is 164 g/mol. The lowest BCUT2D eigenvalue weighted by Crippen LogP contribution is -2.51. The van der Waals surface area contributed by atoms with E-state index < -0.39 is 30.8 Å². The molecule has 0 amide bonds. The number of alkyl halides is 1. The third-order valence-corrected chi connectivity index (χ3v) is 2.04. The minimum Gasteiger partial charge on any atom is -0.387 e. The molecule has 2 aliphatic rings. The maximum Gasteiger partial charge on any atom is 0.186 e. The van der Waals surface area contributed by atoms with Gasteiger partial charge in [0.05, 0.1) is 6.61 Å². The van der Waals surface area contributed by atoms with Gasteiger partial charge in [-0.3, -0.25) is 0 Å². The molecule has 0 aromatic rings. The topological polar surface area (TPSA) is 58.9 Å². The molecular formula is C6H9FO4. The predicted octanol–water partition coefficient (Wildman–Crippen LogP) is -1.20. The van der Waals surface area contributed by atoms with E-state index in [9.17, 15) is 4.39 Å². The summed E-state index contributed by atoms with van der Waals surface area (Å²) in [4.78, 5) is 0. The average Bonchev–Trinajstić information content (AvgIpc) is 2.44. The molecule has 2 rings (SSSR count). The molecule has 0 aromatic heterocycles. The second-order valence-corrected chi connectivity index (χ2v) is 2.80. The zero-order valence-electron chi connectivity index (χ0n) is 5.68. The number of fused-ring (bicyclic) bond motifs is 2. The molecule has 11 heavy (non-hydrogen) atoms. The van der Waals surface area contributed by atoms with Crippen LogP contribution in [-0.2, 0) is 9.47 Å². The Hall–Kier alpha value is -0.230. The predicted molar refractivity (Wildman–Crippen MR) is 31.5 cm³/mol. The molecular weight excluding hydrogens is 155 g/mol. The van der Waals surface area contributed by atoms with Crippen LogP contribution in [0.1, 0.15) is 0 Å². The van der Waals surface area contributed by atoms with Gasteiger partial charge in [-0.2, -0.15) is 0 Å². The highest BCUT2D eigenvalue weighted by Gasteiger charge is 2.49. The molecule has 2 heterocycles. The largest absolute Gasteiger partial charge is 0.387 e. The van der Waals surface area contributed by atoms with Crippen LogP contribution >= 0.6 is 0 Å². The Morgan fingerprint density at radius 1 is 1.27 bits per heavy atom. The van der Waals surface area contributed by atoms with Gasteiger partial charge >= 0.3 is 0 Å². The number of rotatable bonds is 0. The summed E-state index contributed by atoms with van der Waals surface area (Å²) in [7, 11) is 0. The molecule has 0 spiro atoms. The summed E-state index contributed by atoms with van der Waals surface area (Å²) in [5.41, 5.74) is 0. The quantitative estimate of drug-likeness (QED) is 0.472. The number of ether oxygens (including phenoxy) is 2. The van der Waals surface area contributed by atoms with Crippen molar-refractivity contribution < 1.29 is 24.1 Å². The Bertz CT molecular complexity index is 145. The molecule has 0 unspecified atom stereocenters. The van der Waals surface area contributed by atoms with Crippen LogP contribution in [0.2, 0.25) is 0 Å². The number of hydrogen-bond acceptors (Lipinski definition) is 4. The molecule has 64 valence electrons. The summed E-state index contributed by atoms with van der Waals surface area (Å²) in [6.07, 6.45) is -5.73. The number of halogens is 1. The Labute approximate surface area is 62.5 Å². The molecule has 4 nitrogen and oxygen atoms in total. The first-order valence-electron chi connectivity index (χ1n) is 3.47. The fourth-order valence-electron chi connectivity index (χ4n) is 1.36. The van der Waals surface area contributed by atoms with Gasteiger partial charge in [-0.25, -0.2) is 4.39 Å². The number of aliphatic hydroxyl groups is 2. The summed E-state index contributed by atoms with van der Waals surface area (Å²) in [6.45, 7) is 0.111. The zero-order chi connectivity index (χ0) is 8.01. The second kappa shape index (κ2) is 2.38. The molecule has 2 fully saturated rings. The van der Waals surface area contributed by atoms with Crippen LogP contribution in [0.15, 0.2) is 0 Å². The lowest BCUT2D eigenvalue weighted by Gasteiger charge is -2.30. The van der Waals surface area contributed by atoms with Gasteiger partial charge < -0.3 is 19.7 Å². The van der Waals surface area contributed by atoms with Gasteiger partial charge in [0, 0.05) is 0 Å². The van der Waals surface area contributed by atoms with Gasteiger partial charge in [-0.15, -0.1) is 0 Å². The van der Waals surface area contributed by atoms with Gasteiger partial charge in [0.1, 0.15) is 18.3 Å². The lowest BCUT2D eigenvalue weighted by atomic mass is 10.0. The molecule has 5 atom stereocenters. The van der Waals surface area contributed by atoms with Gasteiger partial charge in [-0.05, 0) is 0 Å². The Morgan fingerprint density at radius 3 is 2.73 bits per heavy atom. The Balaban J connectivity index is 2.16. The normalized spacial score (nSPS) is 56.5. The van der Waals surface area contributed by atoms with Crippen LogP contribution in [0.5, 0.6) is 0 Å². The van der Waals surface area contributed by atoms with E-state index in [-0.39, 0.29) is 6.61 Å². The van der Waals surface area contributed by atoms with Crippen molar-refractivity contribution in [3.63, 3.8) is 0 Å². The van der Waals surface area contributed by atoms with Crippen LogP contribution < -0.4 is 0 Å². The molecule has 2 bridgehead atoms. The fraction of sp³-hybridized carbons (Fsp3) is 1.00. The molecule has 0 aliphatic carbocycles. The smallest absolute Gasteiger partial charge is 0.186 e. The maximum atomic E-state index is 12.9. The highest BCUT2D eigenvalue weighted by molar-refractivity contribution is 4.92. The maximum absolute atomic E-state index is 12.9. The number of aliphatic hydroxyl groups excluding tert-OH is 2. The fourth-order valence-corrected chi connectivity index (χ4v) is 1.36. The van der Waals surface area contributed by atoms with E-state index in [1.807, 2.05) is 0 Å². The van der Waals surface area contributed by atoms with Crippen molar-refractivity contribution in [2.24, 2.45) is 0 Å². The van der Waals surface area contributed by atoms with Crippen LogP contribution in [0.4, 0.5) is 4.39 Å². The molecule has 2 aliphatic heterocycles. The van der Waals surface area contributed by atoms with E-state index in [1.54, 1.807) is 0 Å². The van der Waals surface area contributed by atoms with Crippen LogP contribution in [0, 0.1) is 0 Å². The monoisotopic (exact) mass is 164 g/mol. The van der Waals surface area contributed by atoms with Crippen molar-refractivity contribution in [3.8, 4) is 0 Å². The Kier molecular flexibility index (Phi) is 1.61. The highest BCUT2D eigenvalue weighted by atomic mass is 19.1. The summed E-state index contributed by atoms with van der Waals surface area (Å²) in [5, 5.41) is 18.1. The first kappa shape index (κ1) is 7.42. The van der Waals surface area contributed by atoms with Gasteiger partial charge in [0.25, 0.3) is 0 Å². The van der Waals surface area contributed by atoms with E-state index >= 15 is 0 Å². The number of hydrogen-bond donors (Lipinski definition) is 2.